The fraction of sp³-hybridized carbons (Fsp3) is 0.519. The van der Waals surface area contributed by atoms with Crippen molar-refractivity contribution in [3.63, 3.8) is 0 Å². The second-order valence-corrected chi connectivity index (χ2v) is 10.1. The van der Waals surface area contributed by atoms with Crippen molar-refractivity contribution >= 4 is 11.8 Å². The molecule has 2 bridgehead atoms. The summed E-state index contributed by atoms with van der Waals surface area (Å²) >= 11 is 0. The summed E-state index contributed by atoms with van der Waals surface area (Å²) in [7, 11) is 2.12. The maximum absolute atomic E-state index is 12.1. The van der Waals surface area contributed by atoms with Gasteiger partial charge in [-0.25, -0.2) is 4.79 Å². The van der Waals surface area contributed by atoms with Crippen LogP contribution < -0.4 is 14.4 Å². The van der Waals surface area contributed by atoms with Crippen molar-refractivity contribution in [2.24, 2.45) is 5.92 Å². The van der Waals surface area contributed by atoms with E-state index in [1.165, 1.54) is 24.0 Å². The SMILES string of the molecule is CN1CCOc2c(OCc3ccccc3)cc3c(c21)CC1C2CCCCC32CCN1C(=O)O. The molecule has 4 aliphatic rings. The third-order valence-corrected chi connectivity index (χ3v) is 8.57. The molecular weight excluding hydrogens is 416 g/mol. The lowest BCUT2D eigenvalue weighted by atomic mass is 9.52. The van der Waals surface area contributed by atoms with Crippen molar-refractivity contribution in [1.29, 1.82) is 0 Å². The predicted molar refractivity (Wildman–Crippen MR) is 126 cm³/mol. The van der Waals surface area contributed by atoms with Crippen molar-refractivity contribution in [2.75, 3.05) is 31.6 Å². The van der Waals surface area contributed by atoms with Crippen molar-refractivity contribution in [3.05, 3.63) is 53.1 Å². The van der Waals surface area contributed by atoms with Crippen LogP contribution in [0.5, 0.6) is 11.5 Å². The fourth-order valence-corrected chi connectivity index (χ4v) is 7.11. The number of likely N-dealkylation sites (tertiary alicyclic amines) is 1. The van der Waals surface area contributed by atoms with Crippen molar-refractivity contribution in [2.45, 2.75) is 56.6 Å². The van der Waals surface area contributed by atoms with Gasteiger partial charge in [0.25, 0.3) is 0 Å². The van der Waals surface area contributed by atoms with Gasteiger partial charge in [0, 0.05) is 25.0 Å². The smallest absolute Gasteiger partial charge is 0.407 e. The first-order valence-electron chi connectivity index (χ1n) is 12.3. The number of benzene rings is 2. The van der Waals surface area contributed by atoms with E-state index in [1.54, 1.807) is 4.90 Å². The number of nitrogens with zero attached hydrogens (tertiary/aromatic N) is 2. The number of amides is 1. The van der Waals surface area contributed by atoms with Gasteiger partial charge in [0.2, 0.25) is 0 Å². The van der Waals surface area contributed by atoms with Crippen LogP contribution in [0.25, 0.3) is 0 Å². The summed E-state index contributed by atoms with van der Waals surface area (Å²) in [6.07, 6.45) is 5.53. The lowest BCUT2D eigenvalue weighted by Gasteiger charge is -2.59. The van der Waals surface area contributed by atoms with Crippen LogP contribution in [-0.2, 0) is 18.4 Å². The van der Waals surface area contributed by atoms with Crippen LogP contribution in [0, 0.1) is 5.92 Å². The molecule has 0 spiro atoms. The van der Waals surface area contributed by atoms with Gasteiger partial charge >= 0.3 is 6.09 Å². The summed E-state index contributed by atoms with van der Waals surface area (Å²) in [6, 6.07) is 12.6. The maximum atomic E-state index is 12.1. The Morgan fingerprint density at radius 3 is 2.88 bits per heavy atom. The number of carboxylic acid groups (broad SMARTS) is 1. The molecule has 1 saturated carbocycles. The molecule has 3 unspecified atom stereocenters. The zero-order chi connectivity index (χ0) is 22.6. The van der Waals surface area contributed by atoms with Crippen LogP contribution in [0.15, 0.2) is 36.4 Å². The number of rotatable bonds is 3. The number of ether oxygens (including phenoxy) is 2. The van der Waals surface area contributed by atoms with Gasteiger partial charge < -0.3 is 24.4 Å². The number of anilines is 1. The number of fused-ring (bicyclic) bond motifs is 3. The molecule has 2 aromatic carbocycles. The summed E-state index contributed by atoms with van der Waals surface area (Å²) in [6.45, 7) is 2.58. The van der Waals surface area contributed by atoms with E-state index in [9.17, 15) is 9.90 Å². The molecule has 6 heteroatoms. The number of likely N-dealkylation sites (N-methyl/N-ethyl adjacent to an activating group) is 1. The minimum atomic E-state index is -0.774. The molecule has 6 rings (SSSR count). The standard InChI is InChI=1S/C27H32N2O4/c1-28-13-14-32-25-23(33-17-18-7-3-2-4-8-18)16-21-19(24(25)28)15-22-20-9-5-6-10-27(20,21)11-12-29(22)26(30)31/h2-4,7-8,16,20,22H,5-6,9-15,17H2,1H3,(H,30,31). The van der Waals surface area contributed by atoms with Crippen LogP contribution in [0.2, 0.25) is 0 Å². The van der Waals surface area contributed by atoms with Gasteiger partial charge in [0.1, 0.15) is 13.2 Å². The van der Waals surface area contributed by atoms with Gasteiger partial charge in [-0.15, -0.1) is 0 Å². The van der Waals surface area contributed by atoms with Gasteiger partial charge in [0.05, 0.1) is 12.2 Å². The molecule has 1 N–H and O–H groups in total. The number of hydrogen-bond acceptors (Lipinski definition) is 4. The van der Waals surface area contributed by atoms with E-state index in [0.29, 0.717) is 25.7 Å². The number of carbonyl (C=O) groups is 1. The van der Waals surface area contributed by atoms with Gasteiger partial charge in [-0.1, -0.05) is 43.2 Å². The summed E-state index contributed by atoms with van der Waals surface area (Å²) in [5.41, 5.74) is 4.97. The third-order valence-electron chi connectivity index (χ3n) is 8.57. The molecule has 2 aromatic rings. The summed E-state index contributed by atoms with van der Waals surface area (Å²) in [5, 5.41) is 9.97. The van der Waals surface area contributed by atoms with Gasteiger partial charge in [0.15, 0.2) is 11.5 Å². The van der Waals surface area contributed by atoms with E-state index in [1.807, 2.05) is 18.2 Å². The first kappa shape index (κ1) is 20.7. The third kappa shape index (κ3) is 3.17. The molecule has 0 aromatic heterocycles. The first-order valence-corrected chi connectivity index (χ1v) is 12.3. The number of piperidine rings is 1. The Balaban J connectivity index is 1.49. The topological polar surface area (TPSA) is 62.2 Å². The van der Waals surface area contributed by atoms with Gasteiger partial charge in [-0.3, -0.25) is 0 Å². The first-order chi connectivity index (χ1) is 16.1. The van der Waals surface area contributed by atoms with Crippen molar-refractivity contribution < 1.29 is 19.4 Å². The highest BCUT2D eigenvalue weighted by Crippen LogP contribution is 2.60. The van der Waals surface area contributed by atoms with Crippen LogP contribution >= 0.6 is 0 Å². The lowest BCUT2D eigenvalue weighted by molar-refractivity contribution is -0.00292. The Morgan fingerprint density at radius 2 is 2.06 bits per heavy atom. The van der Waals surface area contributed by atoms with Crippen LogP contribution in [0.3, 0.4) is 0 Å². The maximum Gasteiger partial charge on any atom is 0.407 e. The largest absolute Gasteiger partial charge is 0.486 e. The van der Waals surface area contributed by atoms with E-state index in [4.69, 9.17) is 9.47 Å². The molecule has 3 atom stereocenters. The normalized spacial score (nSPS) is 27.7. The van der Waals surface area contributed by atoms with E-state index in [-0.39, 0.29) is 11.5 Å². The van der Waals surface area contributed by atoms with E-state index < -0.39 is 6.09 Å². The molecule has 0 radical (unpaired) electrons. The Hall–Kier alpha value is -2.89. The van der Waals surface area contributed by atoms with Gasteiger partial charge in [-0.2, -0.15) is 0 Å². The summed E-state index contributed by atoms with van der Waals surface area (Å²) in [5.74, 6) is 2.04. The summed E-state index contributed by atoms with van der Waals surface area (Å²) < 4.78 is 12.6. The van der Waals surface area contributed by atoms with E-state index in [2.05, 4.69) is 30.1 Å². The molecule has 2 aliphatic heterocycles. The Kier molecular flexibility index (Phi) is 4.93. The van der Waals surface area contributed by atoms with Crippen LogP contribution in [-0.4, -0.2) is 48.9 Å². The van der Waals surface area contributed by atoms with Crippen molar-refractivity contribution in [1.82, 2.24) is 4.90 Å². The molecule has 1 saturated heterocycles. The monoisotopic (exact) mass is 448 g/mol. The number of hydrogen-bond donors (Lipinski definition) is 1. The fourth-order valence-electron chi connectivity index (χ4n) is 7.11. The highest BCUT2D eigenvalue weighted by Gasteiger charge is 2.56. The lowest BCUT2D eigenvalue weighted by Crippen LogP contribution is -2.62. The molecule has 6 nitrogen and oxygen atoms in total. The molecule has 174 valence electrons. The average molecular weight is 449 g/mol. The minimum Gasteiger partial charge on any atom is -0.486 e. The zero-order valence-corrected chi connectivity index (χ0v) is 19.3. The molecule has 1 amide bonds. The molecule has 2 aliphatic carbocycles. The van der Waals surface area contributed by atoms with E-state index >= 15 is 0 Å². The molecule has 2 heterocycles. The molecular formula is C27H32N2O4. The quantitative estimate of drug-likeness (QED) is 0.729. The van der Waals surface area contributed by atoms with Crippen molar-refractivity contribution in [3.8, 4) is 11.5 Å². The summed E-state index contributed by atoms with van der Waals surface area (Å²) in [4.78, 5) is 16.2. The molecule has 33 heavy (non-hydrogen) atoms. The van der Waals surface area contributed by atoms with Gasteiger partial charge in [-0.05, 0) is 54.4 Å². The van der Waals surface area contributed by atoms with E-state index in [0.717, 1.165) is 55.0 Å². The highest BCUT2D eigenvalue weighted by molar-refractivity contribution is 5.75. The zero-order valence-electron chi connectivity index (χ0n) is 19.3. The second-order valence-electron chi connectivity index (χ2n) is 10.1. The minimum absolute atomic E-state index is 0.0423. The molecule has 2 fully saturated rings. The Labute approximate surface area is 195 Å². The Morgan fingerprint density at radius 1 is 1.21 bits per heavy atom. The highest BCUT2D eigenvalue weighted by atomic mass is 16.5. The predicted octanol–water partition coefficient (Wildman–Crippen LogP) is 4.83. The average Bonchev–Trinajstić information content (AvgIpc) is 2.83. The van der Waals surface area contributed by atoms with Crippen LogP contribution in [0.1, 0.15) is 48.8 Å². The van der Waals surface area contributed by atoms with Crippen LogP contribution in [0.4, 0.5) is 10.5 Å². The Bertz CT molecular complexity index is 1070. The second kappa shape index (κ2) is 7.86.